The molecule has 0 aliphatic rings. The largest absolute Gasteiger partial charge is 0.307 e. The van der Waals surface area contributed by atoms with Crippen molar-refractivity contribution in [2.75, 3.05) is 9.80 Å². The van der Waals surface area contributed by atoms with E-state index in [9.17, 15) is 5.48 Å². The summed E-state index contributed by atoms with van der Waals surface area (Å²) in [7, 11) is 0. The molecule has 0 unspecified atom stereocenters. The molecule has 0 amide bonds. The summed E-state index contributed by atoms with van der Waals surface area (Å²) in [6.45, 7) is 15.5. The van der Waals surface area contributed by atoms with Gasteiger partial charge in [-0.3, -0.25) is 0 Å². The first-order valence-corrected chi connectivity index (χ1v) is 25.4. The van der Waals surface area contributed by atoms with Gasteiger partial charge in [0, 0.05) is 33.3 Å². The van der Waals surface area contributed by atoms with E-state index in [4.69, 9.17) is 8.22 Å². The van der Waals surface area contributed by atoms with Crippen molar-refractivity contribution in [1.29, 1.82) is 0 Å². The minimum Gasteiger partial charge on any atom is -0.307 e. The summed E-state index contributed by atoms with van der Waals surface area (Å²) in [6.07, 6.45) is 0. The molecular formula is C72H58F2N2. The van der Waals surface area contributed by atoms with Crippen LogP contribution in [0.3, 0.4) is 0 Å². The van der Waals surface area contributed by atoms with Gasteiger partial charge in [0.15, 0.2) is 11.6 Å². The fourth-order valence-corrected chi connectivity index (χ4v) is 11.0. The molecule has 0 N–H and O–H groups in total. The molecule has 4 heteroatoms. The molecule has 12 aromatic rings. The fourth-order valence-electron chi connectivity index (χ4n) is 11.0. The van der Waals surface area contributed by atoms with E-state index >= 15 is 8.78 Å². The SMILES string of the molecule is [2H]c1c([2H])c([2H])c(N(c2cc(-c3cc(C)ccc3C)cc(-c3cc(C)ccc3C)c2F)c2ccc3ccc4c(N(c5cc(-c6cc(C)ccc6C)cc(-c6cc(C)ccc6C)c5F)c5c([2H])c([2H])c([2H])c([2H])c5[2H])ccc5ccc2c3c54)c([2H])c1[2H]. The Morgan fingerprint density at radius 2 is 0.645 bits per heavy atom. The van der Waals surface area contributed by atoms with Crippen LogP contribution in [0.5, 0.6) is 0 Å². The molecule has 0 saturated heterocycles. The van der Waals surface area contributed by atoms with Crippen molar-refractivity contribution in [1.82, 2.24) is 0 Å². The Labute approximate surface area is 459 Å². The average molecular weight is 999 g/mol. The van der Waals surface area contributed by atoms with Crippen LogP contribution in [0.15, 0.2) is 206 Å². The third-order valence-electron chi connectivity index (χ3n) is 14.9. The summed E-state index contributed by atoms with van der Waals surface area (Å²) in [5.41, 5.74) is 11.5. The highest BCUT2D eigenvalue weighted by atomic mass is 19.1. The average Bonchev–Trinajstić information content (AvgIpc) is 0.757. The van der Waals surface area contributed by atoms with E-state index in [1.807, 2.05) is 165 Å². The van der Waals surface area contributed by atoms with Gasteiger partial charge in [0.25, 0.3) is 0 Å². The second-order valence-electron chi connectivity index (χ2n) is 20.2. The lowest BCUT2D eigenvalue weighted by Gasteiger charge is -2.31. The molecule has 76 heavy (non-hydrogen) atoms. The minimum atomic E-state index is -0.702. The summed E-state index contributed by atoms with van der Waals surface area (Å²) >= 11 is 0. The summed E-state index contributed by atoms with van der Waals surface area (Å²) in [4.78, 5) is 2.88. The van der Waals surface area contributed by atoms with E-state index in [2.05, 4.69) is 0 Å². The molecule has 0 spiro atoms. The van der Waals surface area contributed by atoms with Crippen LogP contribution in [-0.4, -0.2) is 0 Å². The highest BCUT2D eigenvalue weighted by Crippen LogP contribution is 2.51. The van der Waals surface area contributed by atoms with Gasteiger partial charge < -0.3 is 9.80 Å². The minimum absolute atomic E-state index is 0.0835. The van der Waals surface area contributed by atoms with Gasteiger partial charge in [0.05, 0.1) is 36.5 Å². The highest BCUT2D eigenvalue weighted by molar-refractivity contribution is 6.28. The molecule has 0 saturated carbocycles. The first kappa shape index (κ1) is 37.8. The molecule has 2 nitrogen and oxygen atoms in total. The second-order valence-corrected chi connectivity index (χ2v) is 20.2. The molecule has 12 rings (SSSR count). The van der Waals surface area contributed by atoms with Crippen molar-refractivity contribution >= 4 is 66.4 Å². The maximum Gasteiger partial charge on any atom is 0.155 e. The van der Waals surface area contributed by atoms with Gasteiger partial charge in [0.2, 0.25) is 0 Å². The summed E-state index contributed by atoms with van der Waals surface area (Å²) in [6, 6.07) is 39.3. The smallest absolute Gasteiger partial charge is 0.155 e. The van der Waals surface area contributed by atoms with Crippen LogP contribution in [-0.2, 0) is 0 Å². The zero-order chi connectivity index (χ0) is 61.2. The van der Waals surface area contributed by atoms with Crippen LogP contribution < -0.4 is 9.80 Å². The maximum absolute atomic E-state index is 18.7. The lowest BCUT2D eigenvalue weighted by molar-refractivity contribution is 0.632. The number of hydrogen-bond acceptors (Lipinski definition) is 2. The van der Waals surface area contributed by atoms with Gasteiger partial charge in [-0.2, -0.15) is 0 Å². The van der Waals surface area contributed by atoms with Crippen LogP contribution in [0.25, 0.3) is 76.8 Å². The second kappa shape index (κ2) is 19.1. The number of rotatable bonds is 10. The van der Waals surface area contributed by atoms with Gasteiger partial charge in [-0.05, 0) is 193 Å². The zero-order valence-corrected chi connectivity index (χ0v) is 43.5. The molecule has 0 fully saturated rings. The molecule has 0 heterocycles. The Morgan fingerprint density at radius 3 is 1.01 bits per heavy atom. The molecule has 0 radical (unpaired) electrons. The van der Waals surface area contributed by atoms with E-state index < -0.39 is 72.1 Å². The predicted octanol–water partition coefficient (Wildman–Crippen LogP) is 20.9. The predicted molar refractivity (Wildman–Crippen MR) is 319 cm³/mol. The standard InChI is InChI=1S/C72H58F2N2/c1-43-19-23-47(5)59(35-43)53-39-63(61-37-45(3)21-25-49(61)7)71(73)67(41-53)75(55-15-11-9-12-16-55)65-33-29-51-28-32-58-66(34-30-52-27-31-57(65)69(51)70(52)58)76(56-17-13-10-14-18-56)68-42-54(60-36-44(2)20-24-48(60)6)40-64(72(68)74)62-38-46(4)22-26-50(62)8/h9-42H,1-8H3/i9D,10D,11D,12D,13D,14D,15D,16D,17D,18D. The van der Waals surface area contributed by atoms with Crippen LogP contribution in [0, 0.1) is 67.0 Å². The van der Waals surface area contributed by atoms with Crippen LogP contribution in [0.4, 0.5) is 42.9 Å². The zero-order valence-electron chi connectivity index (χ0n) is 53.5. The quantitative estimate of drug-likeness (QED) is 0.126. The third kappa shape index (κ3) is 8.35. The summed E-state index contributed by atoms with van der Waals surface area (Å²) < 4.78 is 129. The van der Waals surface area contributed by atoms with Crippen molar-refractivity contribution in [3.05, 3.63) is 262 Å². The monoisotopic (exact) mass is 999 g/mol. The first-order valence-electron chi connectivity index (χ1n) is 30.4. The van der Waals surface area contributed by atoms with Gasteiger partial charge in [-0.15, -0.1) is 0 Å². The van der Waals surface area contributed by atoms with E-state index in [1.165, 1.54) is 9.80 Å². The molecule has 0 aromatic heterocycles. The Morgan fingerprint density at radius 1 is 0.316 bits per heavy atom. The summed E-state index contributed by atoms with van der Waals surface area (Å²) in [5, 5.41) is 3.61. The lowest BCUT2D eigenvalue weighted by Crippen LogP contribution is -2.14. The van der Waals surface area contributed by atoms with Gasteiger partial charge >= 0.3 is 0 Å². The fraction of sp³-hybridized carbons (Fsp3) is 0.111. The first-order chi connectivity index (χ1) is 40.9. The Balaban J connectivity index is 1.21. The van der Waals surface area contributed by atoms with Crippen molar-refractivity contribution in [2.45, 2.75) is 55.4 Å². The number of anilines is 6. The van der Waals surface area contributed by atoms with Crippen molar-refractivity contribution in [3.8, 4) is 44.5 Å². The van der Waals surface area contributed by atoms with E-state index in [0.717, 1.165) is 55.6 Å². The van der Waals surface area contributed by atoms with Crippen LogP contribution in [0.2, 0.25) is 0 Å². The Bertz CT molecular complexity index is 4500. The molecule has 0 bridgehead atoms. The molecule has 0 atom stereocenters. The van der Waals surface area contributed by atoms with Crippen molar-refractivity contribution < 1.29 is 22.5 Å². The van der Waals surface area contributed by atoms with Gasteiger partial charge in [-0.1, -0.05) is 168 Å². The summed E-state index contributed by atoms with van der Waals surface area (Å²) in [5.74, 6) is -1.40. The van der Waals surface area contributed by atoms with E-state index in [-0.39, 0.29) is 45.3 Å². The molecule has 0 aliphatic heterocycles. The van der Waals surface area contributed by atoms with E-state index in [1.54, 1.807) is 36.4 Å². The number of nitrogens with zero attached hydrogens (tertiary/aromatic N) is 2. The molecule has 370 valence electrons. The molecular weight excluding hydrogens is 931 g/mol. The van der Waals surface area contributed by atoms with Crippen molar-refractivity contribution in [2.24, 2.45) is 0 Å². The van der Waals surface area contributed by atoms with Crippen LogP contribution >= 0.6 is 0 Å². The van der Waals surface area contributed by atoms with Crippen LogP contribution in [0.1, 0.15) is 58.2 Å². The number of benzene rings is 12. The number of hydrogen-bond donors (Lipinski definition) is 0. The highest BCUT2D eigenvalue weighted by Gasteiger charge is 2.28. The topological polar surface area (TPSA) is 6.48 Å². The van der Waals surface area contributed by atoms with E-state index in [0.29, 0.717) is 54.6 Å². The van der Waals surface area contributed by atoms with Gasteiger partial charge in [-0.25, -0.2) is 8.78 Å². The Hall–Kier alpha value is -8.86. The normalized spacial score (nSPS) is 13.4. The van der Waals surface area contributed by atoms with Crippen molar-refractivity contribution in [3.63, 3.8) is 0 Å². The van der Waals surface area contributed by atoms with Gasteiger partial charge in [0.1, 0.15) is 0 Å². The maximum atomic E-state index is 18.7. The third-order valence-corrected chi connectivity index (χ3v) is 14.9. The lowest BCUT2D eigenvalue weighted by atomic mass is 9.90. The number of aryl methyl sites for hydroxylation is 8. The number of para-hydroxylation sites is 2. The number of halogens is 2. The molecule has 12 aromatic carbocycles. The molecule has 0 aliphatic carbocycles. The Kier molecular flexibility index (Phi) is 9.51.